The number of hydrazine groups is 2. The summed E-state index contributed by atoms with van der Waals surface area (Å²) in [6.07, 6.45) is 3.66. The highest BCUT2D eigenvalue weighted by Crippen LogP contribution is 2.19. The third-order valence-electron chi connectivity index (χ3n) is 2.86. The molecular weight excluding hydrogens is 264 g/mol. The first-order valence-corrected chi connectivity index (χ1v) is 6.33. The zero-order chi connectivity index (χ0) is 13.2. The SMILES string of the molecule is CCN1NNN=C1c1cnn(-c2ccccc2Cl)c1. The Balaban J connectivity index is 1.94. The first kappa shape index (κ1) is 12.0. The summed E-state index contributed by atoms with van der Waals surface area (Å²) in [5.74, 6) is 0.806. The second kappa shape index (κ2) is 4.91. The minimum atomic E-state index is 0.661. The highest BCUT2D eigenvalue weighted by Gasteiger charge is 2.18. The fraction of sp³-hybridized carbons (Fsp3) is 0.167. The predicted octanol–water partition coefficient (Wildman–Crippen LogP) is 1.53. The summed E-state index contributed by atoms with van der Waals surface area (Å²) in [7, 11) is 0. The van der Waals surface area contributed by atoms with Crippen molar-refractivity contribution in [1.29, 1.82) is 0 Å². The fourth-order valence-electron chi connectivity index (χ4n) is 1.91. The molecule has 2 heterocycles. The van der Waals surface area contributed by atoms with Crippen molar-refractivity contribution in [2.45, 2.75) is 6.92 Å². The predicted molar refractivity (Wildman–Crippen MR) is 73.8 cm³/mol. The van der Waals surface area contributed by atoms with Crippen LogP contribution in [-0.4, -0.2) is 27.2 Å². The number of aromatic nitrogens is 2. The molecule has 6 nitrogen and oxygen atoms in total. The number of hydrogen-bond donors (Lipinski definition) is 2. The molecule has 1 aliphatic rings. The molecule has 1 aliphatic heterocycles. The molecule has 2 aromatic rings. The van der Waals surface area contributed by atoms with Crippen molar-refractivity contribution in [3.8, 4) is 5.69 Å². The third kappa shape index (κ3) is 2.16. The molecule has 0 spiro atoms. The van der Waals surface area contributed by atoms with Crippen molar-refractivity contribution in [2.75, 3.05) is 6.54 Å². The number of halogens is 1. The van der Waals surface area contributed by atoms with Crippen LogP contribution in [-0.2, 0) is 0 Å². The van der Waals surface area contributed by atoms with E-state index in [-0.39, 0.29) is 0 Å². The van der Waals surface area contributed by atoms with E-state index in [2.05, 4.69) is 21.3 Å². The van der Waals surface area contributed by atoms with Gasteiger partial charge in [-0.05, 0) is 19.1 Å². The average Bonchev–Trinajstić information content (AvgIpc) is 3.07. The van der Waals surface area contributed by atoms with Gasteiger partial charge >= 0.3 is 0 Å². The van der Waals surface area contributed by atoms with Gasteiger partial charge in [0, 0.05) is 12.7 Å². The zero-order valence-electron chi connectivity index (χ0n) is 10.3. The van der Waals surface area contributed by atoms with Crippen molar-refractivity contribution in [3.63, 3.8) is 0 Å². The minimum Gasteiger partial charge on any atom is -0.271 e. The van der Waals surface area contributed by atoms with E-state index in [4.69, 9.17) is 11.6 Å². The number of nitrogens with zero attached hydrogens (tertiary/aromatic N) is 4. The molecule has 0 aliphatic carbocycles. The van der Waals surface area contributed by atoms with Crippen LogP contribution in [0.2, 0.25) is 5.02 Å². The van der Waals surface area contributed by atoms with Crippen LogP contribution >= 0.6 is 11.6 Å². The Kier molecular flexibility index (Phi) is 3.10. The number of nitrogens with one attached hydrogen (secondary N) is 2. The molecular formula is C12H13ClN6. The molecule has 0 fully saturated rings. The molecule has 3 rings (SSSR count). The van der Waals surface area contributed by atoms with E-state index in [1.54, 1.807) is 10.9 Å². The van der Waals surface area contributed by atoms with Crippen molar-refractivity contribution in [1.82, 2.24) is 25.9 Å². The Hall–Kier alpha value is -2.05. The van der Waals surface area contributed by atoms with Crippen LogP contribution in [0.4, 0.5) is 0 Å². The summed E-state index contributed by atoms with van der Waals surface area (Å²) in [5, 5.41) is 11.1. The molecule has 0 saturated carbocycles. The normalized spacial score (nSPS) is 14.4. The van der Waals surface area contributed by atoms with Gasteiger partial charge in [-0.1, -0.05) is 23.7 Å². The van der Waals surface area contributed by atoms with E-state index in [0.29, 0.717) is 5.02 Å². The summed E-state index contributed by atoms with van der Waals surface area (Å²) in [5.41, 5.74) is 7.43. The van der Waals surface area contributed by atoms with E-state index < -0.39 is 0 Å². The van der Waals surface area contributed by atoms with Gasteiger partial charge in [0.05, 0.1) is 22.5 Å². The number of hydrazone groups is 1. The lowest BCUT2D eigenvalue weighted by atomic mass is 10.3. The molecule has 0 radical (unpaired) electrons. The van der Waals surface area contributed by atoms with Crippen molar-refractivity contribution in [3.05, 3.63) is 47.2 Å². The summed E-state index contributed by atoms with van der Waals surface area (Å²) >= 11 is 6.16. The smallest absolute Gasteiger partial charge is 0.176 e. The molecule has 0 bridgehead atoms. The Morgan fingerprint density at radius 1 is 1.32 bits per heavy atom. The van der Waals surface area contributed by atoms with E-state index >= 15 is 0 Å². The second-order valence-electron chi connectivity index (χ2n) is 4.03. The zero-order valence-corrected chi connectivity index (χ0v) is 11.1. The van der Waals surface area contributed by atoms with Crippen molar-refractivity contribution in [2.24, 2.45) is 5.10 Å². The molecule has 0 amide bonds. The highest BCUT2D eigenvalue weighted by molar-refractivity contribution is 6.32. The first-order chi connectivity index (χ1) is 9.29. The van der Waals surface area contributed by atoms with Crippen LogP contribution in [0.15, 0.2) is 41.8 Å². The van der Waals surface area contributed by atoms with Crippen LogP contribution in [0.1, 0.15) is 12.5 Å². The summed E-state index contributed by atoms with van der Waals surface area (Å²) in [4.78, 5) is 0. The topological polar surface area (TPSA) is 57.5 Å². The largest absolute Gasteiger partial charge is 0.271 e. The molecule has 1 aromatic heterocycles. The molecule has 0 unspecified atom stereocenters. The van der Waals surface area contributed by atoms with Crippen LogP contribution in [0, 0.1) is 0 Å². The lowest BCUT2D eigenvalue weighted by molar-refractivity contribution is 0.308. The lowest BCUT2D eigenvalue weighted by Crippen LogP contribution is -2.40. The number of benzene rings is 1. The van der Waals surface area contributed by atoms with Gasteiger partial charge in [0.25, 0.3) is 0 Å². The van der Waals surface area contributed by atoms with Crippen molar-refractivity contribution >= 4 is 17.4 Å². The van der Waals surface area contributed by atoms with Crippen LogP contribution in [0.5, 0.6) is 0 Å². The number of para-hydroxylation sites is 1. The Morgan fingerprint density at radius 3 is 2.95 bits per heavy atom. The third-order valence-corrected chi connectivity index (χ3v) is 3.18. The quantitative estimate of drug-likeness (QED) is 0.893. The highest BCUT2D eigenvalue weighted by atomic mass is 35.5. The fourth-order valence-corrected chi connectivity index (χ4v) is 2.13. The first-order valence-electron chi connectivity index (χ1n) is 5.95. The maximum Gasteiger partial charge on any atom is 0.176 e. The molecule has 1 aromatic carbocycles. The van der Waals surface area contributed by atoms with E-state index in [0.717, 1.165) is 23.6 Å². The van der Waals surface area contributed by atoms with Crippen LogP contribution in [0.25, 0.3) is 5.69 Å². The maximum absolute atomic E-state index is 6.16. The second-order valence-corrected chi connectivity index (χ2v) is 4.44. The number of hydrogen-bond acceptors (Lipinski definition) is 5. The number of rotatable bonds is 3. The van der Waals surface area contributed by atoms with Gasteiger partial charge in [-0.25, -0.2) is 10.2 Å². The van der Waals surface area contributed by atoms with E-state index in [9.17, 15) is 0 Å². The maximum atomic E-state index is 6.16. The molecule has 98 valence electrons. The van der Waals surface area contributed by atoms with Gasteiger partial charge in [-0.15, -0.1) is 10.6 Å². The summed E-state index contributed by atoms with van der Waals surface area (Å²) < 4.78 is 1.74. The Morgan fingerprint density at radius 2 is 2.16 bits per heavy atom. The van der Waals surface area contributed by atoms with Crippen LogP contribution in [0.3, 0.4) is 0 Å². The average molecular weight is 277 g/mol. The van der Waals surface area contributed by atoms with E-state index in [1.807, 2.05) is 42.4 Å². The lowest BCUT2D eigenvalue weighted by Gasteiger charge is -2.14. The Bertz CT molecular complexity index is 620. The monoisotopic (exact) mass is 276 g/mol. The Labute approximate surface area is 115 Å². The van der Waals surface area contributed by atoms with Gasteiger partial charge < -0.3 is 0 Å². The van der Waals surface area contributed by atoms with Gasteiger partial charge in [-0.2, -0.15) is 5.10 Å². The van der Waals surface area contributed by atoms with Gasteiger partial charge in [0.2, 0.25) is 0 Å². The molecule has 2 N–H and O–H groups in total. The standard InChI is InChI=1S/C12H13ClN6/c1-2-18-12(15-16-17-18)9-7-14-19(8-9)11-6-4-3-5-10(11)13/h3-8,16-17H,2H2,1H3. The van der Waals surface area contributed by atoms with Gasteiger partial charge in [-0.3, -0.25) is 5.01 Å². The summed E-state index contributed by atoms with van der Waals surface area (Å²) in [6, 6.07) is 7.58. The molecule has 0 saturated heterocycles. The molecule has 7 heteroatoms. The molecule has 0 atom stereocenters. The minimum absolute atomic E-state index is 0.661. The van der Waals surface area contributed by atoms with Crippen molar-refractivity contribution < 1.29 is 0 Å². The molecule has 19 heavy (non-hydrogen) atoms. The van der Waals surface area contributed by atoms with Crippen LogP contribution < -0.4 is 11.1 Å². The number of amidine groups is 1. The van der Waals surface area contributed by atoms with E-state index in [1.165, 1.54) is 0 Å². The van der Waals surface area contributed by atoms with Gasteiger partial charge in [0.1, 0.15) is 0 Å². The summed E-state index contributed by atoms with van der Waals surface area (Å²) in [6.45, 7) is 2.83. The van der Waals surface area contributed by atoms with Gasteiger partial charge in [0.15, 0.2) is 5.84 Å².